The molecule has 7 nitrogen and oxygen atoms in total. The van der Waals surface area contributed by atoms with E-state index in [4.69, 9.17) is 5.73 Å². The average Bonchev–Trinajstić information content (AvgIpc) is 3.55. The lowest BCUT2D eigenvalue weighted by molar-refractivity contribution is 0.0125. The van der Waals surface area contributed by atoms with Crippen molar-refractivity contribution in [2.45, 2.75) is 48.1 Å². The number of nitrogens with zero attached hydrogens (tertiary/aromatic N) is 5. The smallest absolute Gasteiger partial charge is 0.293 e. The maximum Gasteiger partial charge on any atom is 0.293 e. The van der Waals surface area contributed by atoms with E-state index in [0.29, 0.717) is 32.6 Å². The third-order valence-corrected chi connectivity index (χ3v) is 9.48. The number of allylic oxidation sites excluding steroid dienone is 1. The van der Waals surface area contributed by atoms with Crippen LogP contribution in [0.2, 0.25) is 0 Å². The van der Waals surface area contributed by atoms with Gasteiger partial charge in [0.25, 0.3) is 5.92 Å². The minimum absolute atomic E-state index is 0.0136. The quantitative estimate of drug-likeness (QED) is 0.336. The summed E-state index contributed by atoms with van der Waals surface area (Å²) in [7, 11) is 0. The van der Waals surface area contributed by atoms with Crippen LogP contribution in [0.1, 0.15) is 42.5 Å². The van der Waals surface area contributed by atoms with E-state index in [0.717, 1.165) is 38.3 Å². The van der Waals surface area contributed by atoms with Gasteiger partial charge >= 0.3 is 0 Å². The second kappa shape index (κ2) is 8.76. The molecule has 10 heteroatoms. The Morgan fingerprint density at radius 3 is 2.69 bits per heavy atom. The molecule has 1 aliphatic carbocycles. The molecule has 0 unspecified atom stereocenters. The van der Waals surface area contributed by atoms with Crippen molar-refractivity contribution in [2.24, 2.45) is 11.1 Å². The molecule has 4 heterocycles. The zero-order chi connectivity index (χ0) is 26.9. The molecular formula is C29H29F2N7S. The third-order valence-electron chi connectivity index (χ3n) is 8.52. The molecule has 200 valence electrons. The van der Waals surface area contributed by atoms with Crippen LogP contribution in [0.25, 0.3) is 11.3 Å². The van der Waals surface area contributed by atoms with Gasteiger partial charge in [-0.05, 0) is 54.9 Å². The van der Waals surface area contributed by atoms with Crippen molar-refractivity contribution >= 4 is 34.7 Å². The zero-order valence-corrected chi connectivity index (χ0v) is 22.4. The van der Waals surface area contributed by atoms with Gasteiger partial charge in [-0.15, -0.1) is 0 Å². The van der Waals surface area contributed by atoms with Gasteiger partial charge < -0.3 is 20.5 Å². The Morgan fingerprint density at radius 2 is 1.92 bits per heavy atom. The largest absolute Gasteiger partial charge is 0.342 e. The van der Waals surface area contributed by atoms with Crippen LogP contribution >= 0.6 is 11.8 Å². The zero-order valence-electron chi connectivity index (χ0n) is 21.6. The first-order valence-corrected chi connectivity index (χ1v) is 14.0. The fourth-order valence-electron chi connectivity index (χ4n) is 6.45. The van der Waals surface area contributed by atoms with Crippen LogP contribution in [0.15, 0.2) is 70.9 Å². The number of nitrogens with two attached hydrogens (primary N) is 1. The summed E-state index contributed by atoms with van der Waals surface area (Å²) < 4.78 is 30.0. The third kappa shape index (κ3) is 3.91. The summed E-state index contributed by atoms with van der Waals surface area (Å²) in [6.45, 7) is 6.88. The number of aromatic amines is 1. The first kappa shape index (κ1) is 24.5. The summed E-state index contributed by atoms with van der Waals surface area (Å²) in [4.78, 5) is 21.4. The van der Waals surface area contributed by atoms with Crippen LogP contribution in [0, 0.1) is 5.41 Å². The number of fused-ring (bicyclic) bond motifs is 3. The molecule has 0 amide bonds. The van der Waals surface area contributed by atoms with Crippen LogP contribution in [-0.2, 0) is 12.3 Å². The maximum atomic E-state index is 15.0. The molecule has 0 radical (unpaired) electrons. The number of aromatic nitrogens is 4. The van der Waals surface area contributed by atoms with Gasteiger partial charge in [-0.3, -0.25) is 0 Å². The summed E-state index contributed by atoms with van der Waals surface area (Å²) in [5.74, 6) is -2.25. The molecule has 3 aliphatic rings. The molecule has 2 aliphatic heterocycles. The normalized spacial score (nSPS) is 21.0. The predicted octanol–water partition coefficient (Wildman–Crippen LogP) is 5.79. The van der Waals surface area contributed by atoms with Crippen LogP contribution in [0.3, 0.4) is 0 Å². The van der Waals surface area contributed by atoms with Crippen molar-refractivity contribution in [3.63, 3.8) is 0 Å². The van der Waals surface area contributed by atoms with Crippen LogP contribution in [0.4, 0.5) is 20.4 Å². The van der Waals surface area contributed by atoms with Gasteiger partial charge in [-0.25, -0.2) is 9.97 Å². The number of piperidine rings is 1. The molecule has 2 aromatic carbocycles. The number of alkyl halides is 2. The highest BCUT2D eigenvalue weighted by atomic mass is 32.2. The average molecular weight is 546 g/mol. The summed E-state index contributed by atoms with van der Waals surface area (Å²) in [6.07, 6.45) is 4.59. The standard InChI is InChI=1S/C29H29F2N7S/c1-17(2)38-16-29(30,31)23-20(38)8-5-9-21(23)39-22-15-33-25-26(34-22)36-27(35-25)37-12-10-28(11-13-37)14-18-6-3-4-7-19(18)24(28)32/h3-9,15,24H,1,10-14,16,32H2,2H3,(H,33,34,35,36)/t24-/m1/s1. The highest BCUT2D eigenvalue weighted by Gasteiger charge is 2.47. The van der Waals surface area contributed by atoms with Gasteiger partial charge in [-0.1, -0.05) is 48.7 Å². The van der Waals surface area contributed by atoms with Crippen LogP contribution in [-0.4, -0.2) is 39.6 Å². The lowest BCUT2D eigenvalue weighted by atomic mass is 9.73. The molecule has 1 saturated heterocycles. The number of benzene rings is 2. The van der Waals surface area contributed by atoms with Gasteiger partial charge in [0.2, 0.25) is 5.95 Å². The van der Waals surface area contributed by atoms with Crippen molar-refractivity contribution in [3.8, 4) is 0 Å². The van der Waals surface area contributed by atoms with Gasteiger partial charge in [0.1, 0.15) is 5.03 Å². The molecule has 1 spiro atoms. The molecule has 1 fully saturated rings. The van der Waals surface area contributed by atoms with Crippen molar-refractivity contribution in [1.29, 1.82) is 0 Å². The lowest BCUT2D eigenvalue weighted by Crippen LogP contribution is -2.44. The Bertz CT molecular complexity index is 1610. The van der Waals surface area contributed by atoms with E-state index in [1.807, 2.05) is 0 Å². The Hall–Kier alpha value is -3.50. The summed E-state index contributed by atoms with van der Waals surface area (Å²) in [5.41, 5.74) is 11.6. The minimum Gasteiger partial charge on any atom is -0.342 e. The van der Waals surface area contributed by atoms with E-state index in [1.54, 1.807) is 36.2 Å². The van der Waals surface area contributed by atoms with E-state index < -0.39 is 12.5 Å². The first-order valence-electron chi connectivity index (χ1n) is 13.2. The molecule has 39 heavy (non-hydrogen) atoms. The van der Waals surface area contributed by atoms with E-state index in [2.05, 4.69) is 55.7 Å². The Labute approximate surface area is 229 Å². The number of imidazole rings is 1. The minimum atomic E-state index is -2.98. The topological polar surface area (TPSA) is 87.0 Å². The highest BCUT2D eigenvalue weighted by Crippen LogP contribution is 2.51. The molecule has 0 bridgehead atoms. The Kier molecular flexibility index (Phi) is 5.51. The van der Waals surface area contributed by atoms with Gasteiger partial charge in [0.15, 0.2) is 11.3 Å². The van der Waals surface area contributed by atoms with E-state index in [1.165, 1.54) is 22.9 Å². The molecule has 0 saturated carbocycles. The van der Waals surface area contributed by atoms with Crippen molar-refractivity contribution in [3.05, 3.63) is 77.6 Å². The molecule has 3 N–H and O–H groups in total. The van der Waals surface area contributed by atoms with Gasteiger partial charge in [0.05, 0.1) is 24.0 Å². The molecule has 2 aromatic heterocycles. The number of halogens is 2. The number of hydrogen-bond acceptors (Lipinski definition) is 7. The number of rotatable bonds is 4. The van der Waals surface area contributed by atoms with Crippen LogP contribution < -0.4 is 15.5 Å². The Balaban J connectivity index is 1.11. The van der Waals surface area contributed by atoms with E-state index >= 15 is 8.78 Å². The monoisotopic (exact) mass is 545 g/mol. The molecule has 1 atom stereocenters. The van der Waals surface area contributed by atoms with Crippen molar-refractivity contribution in [1.82, 2.24) is 19.9 Å². The SMILES string of the molecule is C=C(C)N1CC(F)(F)c2c(Sc3cnc4nc(N5CCC6(CC5)Cc5ccccc5[C@H]6N)[nH]c4n3)cccc21. The Morgan fingerprint density at radius 1 is 1.13 bits per heavy atom. The second-order valence-electron chi connectivity index (χ2n) is 10.9. The van der Waals surface area contributed by atoms with Crippen molar-refractivity contribution < 1.29 is 8.78 Å². The highest BCUT2D eigenvalue weighted by molar-refractivity contribution is 7.99. The summed E-state index contributed by atoms with van der Waals surface area (Å²) >= 11 is 1.19. The number of H-pyrrole nitrogens is 1. The first-order chi connectivity index (χ1) is 18.7. The van der Waals surface area contributed by atoms with E-state index in [9.17, 15) is 0 Å². The maximum absolute atomic E-state index is 15.0. The van der Waals surface area contributed by atoms with Crippen molar-refractivity contribution in [2.75, 3.05) is 29.4 Å². The van der Waals surface area contributed by atoms with Gasteiger partial charge in [0, 0.05) is 29.7 Å². The predicted molar refractivity (Wildman–Crippen MR) is 149 cm³/mol. The molecule has 7 rings (SSSR count). The fraction of sp³-hybridized carbons (Fsp3) is 0.345. The molecular weight excluding hydrogens is 516 g/mol. The number of nitrogens with one attached hydrogen (secondary N) is 1. The second-order valence-corrected chi connectivity index (χ2v) is 12.0. The molecule has 4 aromatic rings. The summed E-state index contributed by atoms with van der Waals surface area (Å²) in [6, 6.07) is 13.8. The van der Waals surface area contributed by atoms with Crippen LogP contribution in [0.5, 0.6) is 0 Å². The lowest BCUT2D eigenvalue weighted by Gasteiger charge is -2.42. The van der Waals surface area contributed by atoms with Gasteiger partial charge in [-0.2, -0.15) is 13.8 Å². The number of anilines is 2. The van der Waals surface area contributed by atoms with E-state index in [-0.39, 0.29) is 17.0 Å². The fourth-order valence-corrected chi connectivity index (χ4v) is 7.42. The summed E-state index contributed by atoms with van der Waals surface area (Å²) in [5, 5.41) is 0.531. The number of hydrogen-bond donors (Lipinski definition) is 2.